The summed E-state index contributed by atoms with van der Waals surface area (Å²) in [6.07, 6.45) is 10.5. The van der Waals surface area contributed by atoms with E-state index in [4.69, 9.17) is 5.73 Å². The van der Waals surface area contributed by atoms with Gasteiger partial charge in [0, 0.05) is 12.7 Å². The highest BCUT2D eigenvalue weighted by molar-refractivity contribution is 5.95. The van der Waals surface area contributed by atoms with Gasteiger partial charge in [0.2, 0.25) is 0 Å². The van der Waals surface area contributed by atoms with Crippen molar-refractivity contribution < 1.29 is 9.18 Å². The molecule has 4 aliphatic rings. The number of hydrogen-bond donors (Lipinski definition) is 2. The predicted octanol–water partition coefficient (Wildman–Crippen LogP) is 2.64. The minimum Gasteiger partial charge on any atom is -0.381 e. The number of halogens is 1. The van der Waals surface area contributed by atoms with Crippen LogP contribution in [0.3, 0.4) is 0 Å². The molecule has 4 saturated carbocycles. The van der Waals surface area contributed by atoms with Gasteiger partial charge in [-0.25, -0.2) is 14.1 Å². The number of nitrogens with zero attached hydrogens (tertiary/aromatic N) is 4. The maximum absolute atomic E-state index is 13.3. The van der Waals surface area contributed by atoms with Crippen molar-refractivity contribution in [1.29, 1.82) is 0 Å². The molecule has 0 aliphatic heterocycles. The summed E-state index contributed by atoms with van der Waals surface area (Å²) in [6, 6.07) is 0. The number of aromatic nitrogens is 4. The molecule has 1 amide bonds. The molecule has 0 spiro atoms. The van der Waals surface area contributed by atoms with Crippen LogP contribution in [0.4, 0.5) is 10.2 Å². The number of nitrogens with one attached hydrogen (secondary N) is 1. The highest BCUT2D eigenvalue weighted by Gasteiger charge is 2.50. The van der Waals surface area contributed by atoms with E-state index in [1.54, 1.807) is 13.1 Å². The van der Waals surface area contributed by atoms with E-state index in [0.29, 0.717) is 11.3 Å². The van der Waals surface area contributed by atoms with E-state index in [1.165, 1.54) is 43.2 Å². The van der Waals surface area contributed by atoms with Crippen LogP contribution in [0.15, 0.2) is 12.4 Å². The molecule has 4 aliphatic carbocycles. The van der Waals surface area contributed by atoms with Crippen molar-refractivity contribution in [1.82, 2.24) is 25.1 Å². The number of aryl methyl sites for hydroxylation is 1. The van der Waals surface area contributed by atoms with Gasteiger partial charge in [-0.05, 0) is 68.6 Å². The Morgan fingerprint density at radius 2 is 1.93 bits per heavy atom. The standard InChI is InChI=1S/C20H25FN6O/c1-11-15(9-27(26-11)19-23-8-16(21)17(22)25-19)18(28)24-10-20-5-12-2-13(6-20)4-14(3-12)7-20/h8-9,12-14H,2-7,10H2,1H3,(H,24,28)(H2,22,23,25). The molecule has 8 heteroatoms. The van der Waals surface area contributed by atoms with Crippen molar-refractivity contribution in [2.45, 2.75) is 45.4 Å². The summed E-state index contributed by atoms with van der Waals surface area (Å²) in [6.45, 7) is 2.50. The van der Waals surface area contributed by atoms with Crippen molar-refractivity contribution in [2.75, 3.05) is 12.3 Å². The number of hydrogen-bond acceptors (Lipinski definition) is 5. The van der Waals surface area contributed by atoms with Crippen LogP contribution in [0, 0.1) is 35.9 Å². The molecule has 0 aromatic carbocycles. The fourth-order valence-corrected chi connectivity index (χ4v) is 6.14. The average molecular weight is 384 g/mol. The molecule has 28 heavy (non-hydrogen) atoms. The van der Waals surface area contributed by atoms with Gasteiger partial charge >= 0.3 is 0 Å². The second kappa shape index (κ2) is 6.25. The van der Waals surface area contributed by atoms with Crippen LogP contribution in [-0.4, -0.2) is 32.2 Å². The molecular formula is C20H25FN6O. The zero-order valence-electron chi connectivity index (χ0n) is 16.0. The lowest BCUT2D eigenvalue weighted by Crippen LogP contribution is -2.51. The van der Waals surface area contributed by atoms with Crippen molar-refractivity contribution in [3.63, 3.8) is 0 Å². The van der Waals surface area contributed by atoms with Gasteiger partial charge in [0.15, 0.2) is 11.6 Å². The smallest absolute Gasteiger partial charge is 0.254 e. The zero-order chi connectivity index (χ0) is 19.5. The van der Waals surface area contributed by atoms with Gasteiger partial charge in [0.1, 0.15) is 0 Å². The van der Waals surface area contributed by atoms with E-state index in [2.05, 4.69) is 20.4 Å². The fraction of sp³-hybridized carbons (Fsp3) is 0.600. The largest absolute Gasteiger partial charge is 0.381 e. The van der Waals surface area contributed by atoms with E-state index in [0.717, 1.165) is 30.5 Å². The summed E-state index contributed by atoms with van der Waals surface area (Å²) in [5.41, 5.74) is 6.85. The first-order valence-corrected chi connectivity index (χ1v) is 10.0. The summed E-state index contributed by atoms with van der Waals surface area (Å²) in [4.78, 5) is 20.6. The molecule has 2 heterocycles. The summed E-state index contributed by atoms with van der Waals surface area (Å²) in [5.74, 6) is 1.65. The molecule has 3 N–H and O–H groups in total. The van der Waals surface area contributed by atoms with Crippen molar-refractivity contribution in [3.05, 3.63) is 29.5 Å². The van der Waals surface area contributed by atoms with Crippen molar-refractivity contribution >= 4 is 11.7 Å². The summed E-state index contributed by atoms with van der Waals surface area (Å²) < 4.78 is 14.7. The Labute approximate surface area is 162 Å². The topological polar surface area (TPSA) is 98.7 Å². The number of nitrogen functional groups attached to an aromatic ring is 1. The third kappa shape index (κ3) is 2.95. The monoisotopic (exact) mass is 384 g/mol. The first-order chi connectivity index (χ1) is 13.4. The Hall–Kier alpha value is -2.51. The highest BCUT2D eigenvalue weighted by Crippen LogP contribution is 2.59. The second-order valence-corrected chi connectivity index (χ2v) is 9.08. The molecule has 4 fully saturated rings. The van der Waals surface area contributed by atoms with Crippen LogP contribution in [0.5, 0.6) is 0 Å². The fourth-order valence-electron chi connectivity index (χ4n) is 6.14. The van der Waals surface area contributed by atoms with Gasteiger partial charge in [-0.15, -0.1) is 0 Å². The maximum Gasteiger partial charge on any atom is 0.254 e. The molecule has 0 saturated heterocycles. The molecular weight excluding hydrogens is 359 g/mol. The van der Waals surface area contributed by atoms with Gasteiger partial charge in [-0.2, -0.15) is 10.1 Å². The van der Waals surface area contributed by atoms with Gasteiger partial charge in [-0.3, -0.25) is 4.79 Å². The van der Waals surface area contributed by atoms with Crippen LogP contribution < -0.4 is 11.1 Å². The third-order valence-corrected chi connectivity index (χ3v) is 6.90. The van der Waals surface area contributed by atoms with Crippen LogP contribution in [0.1, 0.15) is 54.6 Å². The zero-order valence-corrected chi connectivity index (χ0v) is 16.0. The molecule has 2 aromatic heterocycles. The molecule has 7 nitrogen and oxygen atoms in total. The van der Waals surface area contributed by atoms with Crippen LogP contribution in [0.25, 0.3) is 5.95 Å². The van der Waals surface area contributed by atoms with E-state index in [1.807, 2.05) is 0 Å². The van der Waals surface area contributed by atoms with E-state index < -0.39 is 5.82 Å². The number of nitrogens with two attached hydrogens (primary N) is 1. The van der Waals surface area contributed by atoms with Crippen LogP contribution in [-0.2, 0) is 0 Å². The lowest BCUT2D eigenvalue weighted by molar-refractivity contribution is -0.0503. The second-order valence-electron chi connectivity index (χ2n) is 9.08. The lowest BCUT2D eigenvalue weighted by atomic mass is 9.49. The van der Waals surface area contributed by atoms with Crippen LogP contribution >= 0.6 is 0 Å². The maximum atomic E-state index is 13.3. The molecule has 6 rings (SSSR count). The summed E-state index contributed by atoms with van der Waals surface area (Å²) in [5, 5.41) is 7.46. The quantitative estimate of drug-likeness (QED) is 0.844. The summed E-state index contributed by atoms with van der Waals surface area (Å²) >= 11 is 0. The normalized spacial score (nSPS) is 30.6. The number of carbonyl (C=O) groups excluding carboxylic acids is 1. The molecule has 0 radical (unpaired) electrons. The first kappa shape index (κ1) is 17.6. The number of rotatable bonds is 4. The Morgan fingerprint density at radius 1 is 1.29 bits per heavy atom. The molecule has 148 valence electrons. The first-order valence-electron chi connectivity index (χ1n) is 10.0. The van der Waals surface area contributed by atoms with E-state index in [-0.39, 0.29) is 23.1 Å². The van der Waals surface area contributed by atoms with E-state index >= 15 is 0 Å². The minimum absolute atomic E-state index is 0.130. The van der Waals surface area contributed by atoms with Gasteiger partial charge in [0.05, 0.1) is 17.5 Å². The molecule has 0 atom stereocenters. The molecule has 2 aromatic rings. The highest BCUT2D eigenvalue weighted by atomic mass is 19.1. The van der Waals surface area contributed by atoms with Gasteiger partial charge in [-0.1, -0.05) is 0 Å². The Kier molecular flexibility index (Phi) is 3.93. The third-order valence-electron chi connectivity index (χ3n) is 6.90. The van der Waals surface area contributed by atoms with Crippen LogP contribution in [0.2, 0.25) is 0 Å². The predicted molar refractivity (Wildman–Crippen MR) is 101 cm³/mol. The Morgan fingerprint density at radius 3 is 2.54 bits per heavy atom. The van der Waals surface area contributed by atoms with Gasteiger partial charge < -0.3 is 11.1 Å². The Balaban J connectivity index is 1.31. The van der Waals surface area contributed by atoms with E-state index in [9.17, 15) is 9.18 Å². The van der Waals surface area contributed by atoms with Gasteiger partial charge in [0.25, 0.3) is 11.9 Å². The van der Waals surface area contributed by atoms with Crippen molar-refractivity contribution in [3.8, 4) is 5.95 Å². The summed E-state index contributed by atoms with van der Waals surface area (Å²) in [7, 11) is 0. The average Bonchev–Trinajstić information content (AvgIpc) is 3.03. The Bertz CT molecular complexity index is 903. The van der Waals surface area contributed by atoms with Crippen molar-refractivity contribution in [2.24, 2.45) is 23.2 Å². The number of anilines is 1. The number of amides is 1. The molecule has 4 bridgehead atoms. The SMILES string of the molecule is Cc1nn(-c2ncc(F)c(N)n2)cc1C(=O)NCC12CC3CC(CC(C3)C1)C2. The minimum atomic E-state index is -0.679. The lowest BCUT2D eigenvalue weighted by Gasteiger charge is -2.56. The number of carbonyl (C=O) groups is 1. The molecule has 0 unspecified atom stereocenters.